The maximum absolute atomic E-state index is 15.0. The summed E-state index contributed by atoms with van der Waals surface area (Å²) in [6.45, 7) is 0.630. The van der Waals surface area contributed by atoms with Crippen LogP contribution in [0.2, 0.25) is 0 Å². The third-order valence-electron chi connectivity index (χ3n) is 5.07. The fourth-order valence-corrected chi connectivity index (χ4v) is 4.63. The number of nitrogens with zero attached hydrogens (tertiary/aromatic N) is 4. The normalized spacial score (nSPS) is 14.6. The molecule has 0 radical (unpaired) electrons. The zero-order chi connectivity index (χ0) is 23.5. The maximum Gasteiger partial charge on any atom is 0.324 e. The first kappa shape index (κ1) is 23.4. The number of carbonyl (C=O) groups is 1. The van der Waals surface area contributed by atoms with Gasteiger partial charge >= 0.3 is 12.5 Å². The number of urea groups is 1. The molecule has 12 heteroatoms. The highest BCUT2D eigenvalue weighted by Gasteiger charge is 2.27. The summed E-state index contributed by atoms with van der Waals surface area (Å²) in [5.41, 5.74) is 0.928. The van der Waals surface area contributed by atoms with Gasteiger partial charge in [0.15, 0.2) is 0 Å². The summed E-state index contributed by atoms with van der Waals surface area (Å²) in [6, 6.07) is 10.7. The van der Waals surface area contributed by atoms with Gasteiger partial charge in [-0.1, -0.05) is 22.0 Å². The zero-order valence-corrected chi connectivity index (χ0v) is 19.5. The fourth-order valence-electron chi connectivity index (χ4n) is 3.31. The quantitative estimate of drug-likeness (QED) is 0.464. The lowest BCUT2D eigenvalue weighted by Crippen LogP contribution is -2.48. The highest BCUT2D eigenvalue weighted by molar-refractivity contribution is 9.10. The molecule has 0 atom stereocenters. The first-order valence-corrected chi connectivity index (χ1v) is 12.2. The summed E-state index contributed by atoms with van der Waals surface area (Å²) in [5.74, 6) is -0.928. The average Bonchev–Trinajstić information content (AvgIpc) is 3.30. The maximum atomic E-state index is 15.0. The van der Waals surface area contributed by atoms with E-state index < -0.39 is 28.9 Å². The number of halogens is 4. The van der Waals surface area contributed by atoms with E-state index in [2.05, 4.69) is 26.1 Å². The molecular weight excluding hydrogens is 525 g/mol. The van der Waals surface area contributed by atoms with E-state index in [9.17, 15) is 22.2 Å². The second-order valence-corrected chi connectivity index (χ2v) is 9.84. The Kier molecular flexibility index (Phi) is 7.13. The monoisotopic (exact) mass is 542 g/mol. The number of hydrogen-bond acceptors (Lipinski definition) is 5. The first-order chi connectivity index (χ1) is 15.8. The minimum atomic E-state index is -2.92. The van der Waals surface area contributed by atoms with Crippen molar-refractivity contribution in [2.45, 2.75) is 13.0 Å². The van der Waals surface area contributed by atoms with Crippen LogP contribution >= 0.6 is 15.9 Å². The molecule has 3 aromatic rings. The van der Waals surface area contributed by atoms with E-state index in [0.29, 0.717) is 30.3 Å². The SMILES string of the molecule is O=C(N1CCS(=O)CC1)N(Cc1ccc(-c2nnc(C(F)F)o2)cc1F)c1ccc(Br)cc1. The topological polar surface area (TPSA) is 79.5 Å². The molecule has 1 fully saturated rings. The van der Waals surface area contributed by atoms with Gasteiger partial charge in [0.05, 0.1) is 6.54 Å². The molecule has 0 N–H and O–H groups in total. The predicted molar refractivity (Wildman–Crippen MR) is 120 cm³/mol. The molecule has 4 rings (SSSR count). The third-order valence-corrected chi connectivity index (χ3v) is 6.88. The Balaban J connectivity index is 1.60. The predicted octanol–water partition coefficient (Wildman–Crippen LogP) is 4.77. The van der Waals surface area contributed by atoms with E-state index >= 15 is 0 Å². The molecule has 0 bridgehead atoms. The Morgan fingerprint density at radius 1 is 1.15 bits per heavy atom. The molecule has 0 spiro atoms. The molecule has 1 aliphatic rings. The van der Waals surface area contributed by atoms with Crippen LogP contribution < -0.4 is 4.90 Å². The molecule has 33 heavy (non-hydrogen) atoms. The van der Waals surface area contributed by atoms with Gasteiger partial charge in [-0.25, -0.2) is 9.18 Å². The minimum absolute atomic E-state index is 0.0711. The summed E-state index contributed by atoms with van der Waals surface area (Å²) in [4.78, 5) is 16.3. The lowest BCUT2D eigenvalue weighted by atomic mass is 10.1. The molecule has 1 aliphatic heterocycles. The van der Waals surface area contributed by atoms with Crippen LogP contribution in [-0.4, -0.2) is 49.9 Å². The first-order valence-electron chi connectivity index (χ1n) is 9.89. The van der Waals surface area contributed by atoms with E-state index in [1.165, 1.54) is 17.0 Å². The summed E-state index contributed by atoms with van der Waals surface area (Å²) < 4.78 is 57.7. The Morgan fingerprint density at radius 2 is 1.85 bits per heavy atom. The van der Waals surface area contributed by atoms with Crippen molar-refractivity contribution >= 4 is 38.4 Å². The number of amides is 2. The van der Waals surface area contributed by atoms with Crippen LogP contribution in [0.25, 0.3) is 11.5 Å². The molecule has 0 aliphatic carbocycles. The van der Waals surface area contributed by atoms with Crippen LogP contribution in [0.5, 0.6) is 0 Å². The summed E-state index contributed by atoms with van der Waals surface area (Å²) in [5, 5.41) is 6.77. The molecular formula is C21H18BrF3N4O3S. The summed E-state index contributed by atoms with van der Waals surface area (Å²) >= 11 is 3.36. The van der Waals surface area contributed by atoms with Crippen molar-refractivity contribution < 1.29 is 26.6 Å². The van der Waals surface area contributed by atoms with Crippen LogP contribution in [-0.2, 0) is 17.3 Å². The van der Waals surface area contributed by atoms with Crippen molar-refractivity contribution in [1.29, 1.82) is 0 Å². The van der Waals surface area contributed by atoms with E-state index in [1.807, 2.05) is 0 Å². The molecule has 2 amide bonds. The van der Waals surface area contributed by atoms with Gasteiger partial charge in [0.25, 0.3) is 5.89 Å². The van der Waals surface area contributed by atoms with Crippen molar-refractivity contribution in [1.82, 2.24) is 15.1 Å². The standard InChI is InChI=1S/C21H18BrF3N4O3S/c22-15-3-5-16(6-4-15)29(21(30)28-7-9-33(31)10-8-28)12-14-2-1-13(11-17(14)23)19-26-27-20(32-19)18(24)25/h1-6,11,18H,7-10,12H2. The average molecular weight is 543 g/mol. The van der Waals surface area contributed by atoms with Gasteiger partial charge in [0, 0.05) is 56.7 Å². The van der Waals surface area contributed by atoms with E-state index in [4.69, 9.17) is 4.42 Å². The fraction of sp³-hybridized carbons (Fsp3) is 0.286. The molecule has 7 nitrogen and oxygen atoms in total. The van der Waals surface area contributed by atoms with Gasteiger partial charge in [0.2, 0.25) is 5.89 Å². The third kappa shape index (κ3) is 5.44. The van der Waals surface area contributed by atoms with Crippen LogP contribution in [0.3, 0.4) is 0 Å². The molecule has 2 heterocycles. The van der Waals surface area contributed by atoms with E-state index in [1.54, 1.807) is 29.2 Å². The molecule has 0 unspecified atom stereocenters. The van der Waals surface area contributed by atoms with Crippen LogP contribution in [0, 0.1) is 5.82 Å². The molecule has 174 valence electrons. The van der Waals surface area contributed by atoms with Crippen molar-refractivity contribution in [3.63, 3.8) is 0 Å². The summed E-state index contributed by atoms with van der Waals surface area (Å²) in [7, 11) is -0.948. The second-order valence-electron chi connectivity index (χ2n) is 7.23. The highest BCUT2D eigenvalue weighted by atomic mass is 79.9. The van der Waals surface area contributed by atoms with Crippen LogP contribution in [0.15, 0.2) is 51.4 Å². The molecule has 0 saturated carbocycles. The smallest absolute Gasteiger partial charge is 0.324 e. The Morgan fingerprint density at radius 3 is 2.45 bits per heavy atom. The van der Waals surface area contributed by atoms with E-state index in [0.717, 1.165) is 10.5 Å². The number of rotatable bonds is 5. The largest absolute Gasteiger partial charge is 0.415 e. The molecule has 1 aromatic heterocycles. The van der Waals surface area contributed by atoms with Gasteiger partial charge in [-0.3, -0.25) is 9.11 Å². The van der Waals surface area contributed by atoms with Gasteiger partial charge < -0.3 is 9.32 Å². The van der Waals surface area contributed by atoms with Gasteiger partial charge in [-0.15, -0.1) is 10.2 Å². The van der Waals surface area contributed by atoms with Gasteiger partial charge in [0.1, 0.15) is 5.82 Å². The van der Waals surface area contributed by atoms with Gasteiger partial charge in [-0.05, 0) is 36.4 Å². The second kappa shape index (κ2) is 10.0. The van der Waals surface area contributed by atoms with Gasteiger partial charge in [-0.2, -0.15) is 8.78 Å². The highest BCUT2D eigenvalue weighted by Crippen LogP contribution is 2.27. The van der Waals surface area contributed by atoms with Crippen molar-refractivity contribution in [2.24, 2.45) is 0 Å². The number of anilines is 1. The molecule has 2 aromatic carbocycles. The lowest BCUT2D eigenvalue weighted by molar-refractivity contribution is 0.116. The number of benzene rings is 2. The van der Waals surface area contributed by atoms with Crippen molar-refractivity contribution in [3.05, 3.63) is 64.2 Å². The number of hydrogen-bond donors (Lipinski definition) is 0. The van der Waals surface area contributed by atoms with Crippen LogP contribution in [0.1, 0.15) is 17.9 Å². The number of aromatic nitrogens is 2. The van der Waals surface area contributed by atoms with Crippen molar-refractivity contribution in [2.75, 3.05) is 29.5 Å². The Labute approximate surface area is 198 Å². The number of carbonyl (C=O) groups excluding carboxylic acids is 1. The number of alkyl halides is 2. The molecule has 1 saturated heterocycles. The van der Waals surface area contributed by atoms with E-state index in [-0.39, 0.29) is 29.6 Å². The Bertz CT molecular complexity index is 1170. The minimum Gasteiger partial charge on any atom is -0.415 e. The van der Waals surface area contributed by atoms with Crippen LogP contribution in [0.4, 0.5) is 23.7 Å². The van der Waals surface area contributed by atoms with Crippen molar-refractivity contribution in [3.8, 4) is 11.5 Å². The zero-order valence-electron chi connectivity index (χ0n) is 17.1. The summed E-state index contributed by atoms with van der Waals surface area (Å²) in [6.07, 6.45) is -2.92. The Hall–Kier alpha value is -2.73. The lowest BCUT2D eigenvalue weighted by Gasteiger charge is -2.33.